The Balaban J connectivity index is 1.70. The topological polar surface area (TPSA) is 80.3 Å². The van der Waals surface area contributed by atoms with Crippen LogP contribution < -0.4 is 5.73 Å². The molecule has 2 atom stereocenters. The lowest BCUT2D eigenvalue weighted by Crippen LogP contribution is -2.49. The van der Waals surface area contributed by atoms with Gasteiger partial charge in [-0.1, -0.05) is 48.5 Å². The molecule has 0 unspecified atom stereocenters. The third-order valence-corrected chi connectivity index (χ3v) is 3.81. The van der Waals surface area contributed by atoms with E-state index in [4.69, 9.17) is 10.5 Å². The number of nitrogens with zero attached hydrogens (tertiary/aromatic N) is 3. The van der Waals surface area contributed by atoms with Gasteiger partial charge in [0.2, 0.25) is 5.90 Å². The Morgan fingerprint density at radius 3 is 2.35 bits per heavy atom. The summed E-state index contributed by atoms with van der Waals surface area (Å²) in [6.45, 7) is 0. The zero-order chi connectivity index (χ0) is 15.8. The van der Waals surface area contributed by atoms with Crippen molar-refractivity contribution in [3.63, 3.8) is 0 Å². The van der Waals surface area contributed by atoms with E-state index in [1.807, 2.05) is 60.7 Å². The zero-order valence-corrected chi connectivity index (χ0v) is 12.2. The average Bonchev–Trinajstić information content (AvgIpc) is 3.04. The van der Waals surface area contributed by atoms with E-state index in [-0.39, 0.29) is 11.9 Å². The van der Waals surface area contributed by atoms with Gasteiger partial charge in [-0.3, -0.25) is 4.79 Å². The maximum atomic E-state index is 12.5. The van der Waals surface area contributed by atoms with E-state index >= 15 is 0 Å². The summed E-state index contributed by atoms with van der Waals surface area (Å²) in [6, 6.07) is 17.7. The van der Waals surface area contributed by atoms with Crippen molar-refractivity contribution in [3.8, 4) is 0 Å². The molecule has 0 saturated carbocycles. The van der Waals surface area contributed by atoms with Gasteiger partial charge in [0.05, 0.1) is 0 Å². The summed E-state index contributed by atoms with van der Waals surface area (Å²) in [5.41, 5.74) is 7.72. The van der Waals surface area contributed by atoms with E-state index < -0.39 is 12.1 Å². The van der Waals surface area contributed by atoms with Crippen molar-refractivity contribution < 1.29 is 9.53 Å². The van der Waals surface area contributed by atoms with E-state index in [9.17, 15) is 4.79 Å². The van der Waals surface area contributed by atoms with E-state index in [0.717, 1.165) is 16.1 Å². The van der Waals surface area contributed by atoms with Crippen LogP contribution >= 0.6 is 0 Å². The number of amidine groups is 1. The number of carbonyl (C=O) groups excluding carboxylic acids is 1. The van der Waals surface area contributed by atoms with Gasteiger partial charge in [-0.25, -0.2) is 4.99 Å². The van der Waals surface area contributed by atoms with E-state index in [1.54, 1.807) is 0 Å². The molecule has 6 heteroatoms. The molecule has 114 valence electrons. The number of hydrogen-bond donors (Lipinski definition) is 1. The summed E-state index contributed by atoms with van der Waals surface area (Å²) in [7, 11) is 0. The van der Waals surface area contributed by atoms with Gasteiger partial charge in [-0.15, -0.1) is 10.1 Å². The van der Waals surface area contributed by atoms with Crippen molar-refractivity contribution in [1.82, 2.24) is 5.01 Å². The third kappa shape index (κ3) is 2.29. The fourth-order valence-electron chi connectivity index (χ4n) is 2.61. The fraction of sp³-hybridized carbons (Fsp3) is 0.118. The lowest BCUT2D eigenvalue weighted by atomic mass is 9.99. The van der Waals surface area contributed by atoms with Crippen molar-refractivity contribution in [3.05, 3.63) is 71.8 Å². The quantitative estimate of drug-likeness (QED) is 0.916. The highest BCUT2D eigenvalue weighted by molar-refractivity contribution is 6.11. The van der Waals surface area contributed by atoms with Gasteiger partial charge in [-0.2, -0.15) is 0 Å². The Labute approximate surface area is 132 Å². The van der Waals surface area contributed by atoms with Gasteiger partial charge in [0.15, 0.2) is 0 Å². The molecular formula is C17H14N4O2. The van der Waals surface area contributed by atoms with Crippen molar-refractivity contribution in [2.75, 3.05) is 0 Å². The summed E-state index contributed by atoms with van der Waals surface area (Å²) in [5, 5.41) is 5.35. The summed E-state index contributed by atoms with van der Waals surface area (Å²) >= 11 is 0. The second-order valence-electron chi connectivity index (χ2n) is 5.32. The van der Waals surface area contributed by atoms with E-state index in [2.05, 4.69) is 10.1 Å². The summed E-state index contributed by atoms with van der Waals surface area (Å²) in [6.07, 6.45) is 0. The predicted octanol–water partition coefficient (Wildman–Crippen LogP) is 1.65. The number of hydrazone groups is 1. The van der Waals surface area contributed by atoms with Gasteiger partial charge in [0.1, 0.15) is 12.1 Å². The van der Waals surface area contributed by atoms with Crippen LogP contribution in [-0.2, 0) is 9.53 Å². The van der Waals surface area contributed by atoms with Crippen molar-refractivity contribution in [2.24, 2.45) is 15.8 Å². The zero-order valence-electron chi connectivity index (χ0n) is 12.2. The molecule has 0 aliphatic carbocycles. The first-order valence-electron chi connectivity index (χ1n) is 7.28. The highest BCUT2D eigenvalue weighted by atomic mass is 16.5. The molecule has 0 saturated heterocycles. The van der Waals surface area contributed by atoms with Crippen LogP contribution in [0, 0.1) is 0 Å². The Morgan fingerprint density at radius 1 is 1.00 bits per heavy atom. The van der Waals surface area contributed by atoms with Crippen LogP contribution in [0.5, 0.6) is 0 Å². The van der Waals surface area contributed by atoms with Crippen LogP contribution in [0.3, 0.4) is 0 Å². The van der Waals surface area contributed by atoms with E-state index in [1.165, 1.54) is 0 Å². The standard InChI is InChI=1S/C17H14N4O2/c18-13-14(11-7-3-1-4-8-11)19-17-21(16(13)22)20-15(23-17)12-9-5-2-6-10-12/h1-10,13-14H,18H2/t13-,14+/m0/s1. The van der Waals surface area contributed by atoms with E-state index in [0.29, 0.717) is 5.90 Å². The summed E-state index contributed by atoms with van der Waals surface area (Å²) in [4.78, 5) is 17.0. The molecule has 0 aromatic heterocycles. The van der Waals surface area contributed by atoms with Crippen LogP contribution in [0.15, 0.2) is 70.8 Å². The Morgan fingerprint density at radius 2 is 1.65 bits per heavy atom. The normalized spacial score (nSPS) is 23.0. The van der Waals surface area contributed by atoms with Crippen LogP contribution in [0.4, 0.5) is 0 Å². The molecule has 2 aromatic carbocycles. The molecule has 2 aromatic rings. The first-order chi connectivity index (χ1) is 11.2. The fourth-order valence-corrected chi connectivity index (χ4v) is 2.61. The van der Waals surface area contributed by atoms with Crippen molar-refractivity contribution >= 4 is 17.8 Å². The van der Waals surface area contributed by atoms with Crippen molar-refractivity contribution in [1.29, 1.82) is 0 Å². The Bertz CT molecular complexity index is 802. The lowest BCUT2D eigenvalue weighted by Gasteiger charge is -2.27. The van der Waals surface area contributed by atoms with Crippen LogP contribution in [0.25, 0.3) is 0 Å². The van der Waals surface area contributed by atoms with Gasteiger partial charge in [0.25, 0.3) is 5.91 Å². The number of fused-ring (bicyclic) bond motifs is 1. The SMILES string of the molecule is N[C@@H]1C(=O)N2N=C(c3ccccc3)OC2=N[C@@H]1c1ccccc1. The van der Waals surface area contributed by atoms with Gasteiger partial charge in [0, 0.05) is 5.56 Å². The highest BCUT2D eigenvalue weighted by Crippen LogP contribution is 2.29. The van der Waals surface area contributed by atoms with Gasteiger partial charge in [-0.05, 0) is 17.7 Å². The molecular weight excluding hydrogens is 292 g/mol. The number of amides is 1. The predicted molar refractivity (Wildman–Crippen MR) is 85.5 cm³/mol. The Kier molecular flexibility index (Phi) is 3.17. The number of benzene rings is 2. The van der Waals surface area contributed by atoms with Crippen LogP contribution in [-0.4, -0.2) is 28.9 Å². The minimum Gasteiger partial charge on any atom is -0.403 e. The van der Waals surface area contributed by atoms with Crippen LogP contribution in [0.2, 0.25) is 0 Å². The lowest BCUT2D eigenvalue weighted by molar-refractivity contribution is -0.130. The second-order valence-corrected chi connectivity index (χ2v) is 5.32. The minimum absolute atomic E-state index is 0.171. The van der Waals surface area contributed by atoms with Gasteiger partial charge < -0.3 is 10.5 Å². The second kappa shape index (κ2) is 5.33. The molecule has 6 nitrogen and oxygen atoms in total. The molecule has 23 heavy (non-hydrogen) atoms. The third-order valence-electron chi connectivity index (χ3n) is 3.81. The maximum absolute atomic E-state index is 12.5. The molecule has 0 radical (unpaired) electrons. The molecule has 2 N–H and O–H groups in total. The Hall–Kier alpha value is -2.99. The highest BCUT2D eigenvalue weighted by Gasteiger charge is 2.42. The monoisotopic (exact) mass is 306 g/mol. The summed E-state index contributed by atoms with van der Waals surface area (Å²) in [5.74, 6) is 0.0217. The number of ether oxygens (including phenoxy) is 1. The average molecular weight is 306 g/mol. The number of rotatable bonds is 2. The molecule has 2 aliphatic heterocycles. The largest absolute Gasteiger partial charge is 0.403 e. The maximum Gasteiger partial charge on any atom is 0.323 e. The van der Waals surface area contributed by atoms with Gasteiger partial charge >= 0.3 is 6.02 Å². The molecule has 0 spiro atoms. The number of carbonyl (C=O) groups is 1. The first-order valence-corrected chi connectivity index (χ1v) is 7.28. The van der Waals surface area contributed by atoms with Crippen LogP contribution in [0.1, 0.15) is 17.2 Å². The minimum atomic E-state index is -0.788. The molecule has 1 amide bonds. The first kappa shape index (κ1) is 13.7. The molecule has 0 fully saturated rings. The summed E-state index contributed by atoms with van der Waals surface area (Å²) < 4.78 is 5.67. The van der Waals surface area contributed by atoms with Crippen molar-refractivity contribution in [2.45, 2.75) is 12.1 Å². The number of hydrogen-bond acceptors (Lipinski definition) is 5. The molecule has 2 aliphatic rings. The molecule has 2 heterocycles. The number of nitrogens with two attached hydrogens (primary N) is 1. The molecule has 0 bridgehead atoms. The number of aliphatic imine (C=N–C) groups is 1. The molecule has 4 rings (SSSR count). The smallest absolute Gasteiger partial charge is 0.323 e.